The lowest BCUT2D eigenvalue weighted by molar-refractivity contribution is -0.113. The number of rotatable bonds is 4. The summed E-state index contributed by atoms with van der Waals surface area (Å²) in [5.74, 6) is 0.172. The molecule has 0 bridgehead atoms. The molecule has 9 heteroatoms. The molecule has 1 aliphatic rings. The Bertz CT molecular complexity index is 1370. The van der Waals surface area contributed by atoms with Crippen molar-refractivity contribution in [2.24, 2.45) is 0 Å². The van der Waals surface area contributed by atoms with Gasteiger partial charge in [0.1, 0.15) is 17.6 Å². The fourth-order valence-electron chi connectivity index (χ4n) is 3.80. The first-order valence-electron chi connectivity index (χ1n) is 10.2. The smallest absolute Gasteiger partial charge is 0.255 e. The lowest BCUT2D eigenvalue weighted by atomic mass is 9.95. The summed E-state index contributed by atoms with van der Waals surface area (Å²) in [4.78, 5) is 22.0. The maximum absolute atomic E-state index is 13.7. The van der Waals surface area contributed by atoms with E-state index in [0.29, 0.717) is 39.9 Å². The van der Waals surface area contributed by atoms with Crippen molar-refractivity contribution in [1.82, 2.24) is 19.7 Å². The maximum Gasteiger partial charge on any atom is 0.255 e. The number of aromatic nitrogens is 4. The van der Waals surface area contributed by atoms with Gasteiger partial charge < -0.3 is 15.7 Å². The minimum atomic E-state index is -0.655. The van der Waals surface area contributed by atoms with E-state index in [4.69, 9.17) is 0 Å². The molecule has 0 radical (unpaired) electrons. The zero-order valence-corrected chi connectivity index (χ0v) is 17.5. The topological polar surface area (TPSA) is 105 Å². The molecule has 1 aliphatic heterocycles. The number of pyridine rings is 1. The Labute approximate surface area is 188 Å². The van der Waals surface area contributed by atoms with Crippen LogP contribution in [0.2, 0.25) is 0 Å². The largest absolute Gasteiger partial charge is 0.508 e. The first-order chi connectivity index (χ1) is 16.0. The van der Waals surface area contributed by atoms with E-state index < -0.39 is 6.04 Å². The van der Waals surface area contributed by atoms with Crippen LogP contribution < -0.4 is 10.6 Å². The number of carbonyl (C=O) groups is 1. The van der Waals surface area contributed by atoms with E-state index in [1.54, 1.807) is 72.5 Å². The standard InChI is InChI=1S/C24H19FN6O2/c1-14-20(23(33)28-18-5-3-11-26-13-18)21(15-7-9-17(25)10-8-15)31-24(27-14)29-22(30-31)16-4-2-6-19(32)12-16/h2-13,21,32H,1H3,(H,28,33)(H,27,29,30). The molecular formula is C24H19FN6O2. The van der Waals surface area contributed by atoms with Gasteiger partial charge >= 0.3 is 0 Å². The number of fused-ring (bicyclic) bond motifs is 1. The number of anilines is 2. The summed E-state index contributed by atoms with van der Waals surface area (Å²) in [6.07, 6.45) is 3.17. The molecule has 1 atom stereocenters. The van der Waals surface area contributed by atoms with Crippen molar-refractivity contribution in [3.8, 4) is 17.1 Å². The SMILES string of the molecule is CC1=C(C(=O)Nc2cccnc2)C(c2ccc(F)cc2)n2nc(-c3cccc(O)c3)nc2N1. The average molecular weight is 442 g/mol. The highest BCUT2D eigenvalue weighted by atomic mass is 19.1. The van der Waals surface area contributed by atoms with E-state index in [1.165, 1.54) is 12.1 Å². The van der Waals surface area contributed by atoms with Crippen molar-refractivity contribution >= 4 is 17.5 Å². The van der Waals surface area contributed by atoms with Crippen molar-refractivity contribution in [1.29, 1.82) is 0 Å². The van der Waals surface area contributed by atoms with Crippen molar-refractivity contribution < 1.29 is 14.3 Å². The molecule has 33 heavy (non-hydrogen) atoms. The van der Waals surface area contributed by atoms with Crippen molar-refractivity contribution in [3.05, 3.63) is 95.7 Å². The van der Waals surface area contributed by atoms with Gasteiger partial charge in [-0.3, -0.25) is 9.78 Å². The first kappa shape index (κ1) is 20.4. The Morgan fingerprint density at radius 2 is 1.97 bits per heavy atom. The molecule has 4 aromatic rings. The van der Waals surface area contributed by atoms with Gasteiger partial charge in [0.05, 0.1) is 17.5 Å². The van der Waals surface area contributed by atoms with Crippen LogP contribution in [0, 0.1) is 5.82 Å². The maximum atomic E-state index is 13.7. The number of hydrogen-bond donors (Lipinski definition) is 3. The Hall–Kier alpha value is -4.53. The number of carbonyl (C=O) groups excluding carboxylic acids is 1. The van der Waals surface area contributed by atoms with Gasteiger partial charge in [-0.1, -0.05) is 24.3 Å². The van der Waals surface area contributed by atoms with Crippen molar-refractivity contribution in [2.75, 3.05) is 10.6 Å². The number of aromatic hydroxyl groups is 1. The number of halogens is 1. The van der Waals surface area contributed by atoms with E-state index in [-0.39, 0.29) is 17.5 Å². The molecule has 8 nitrogen and oxygen atoms in total. The van der Waals surface area contributed by atoms with E-state index >= 15 is 0 Å². The van der Waals surface area contributed by atoms with E-state index in [2.05, 4.69) is 25.7 Å². The van der Waals surface area contributed by atoms with Crippen LogP contribution in [0.3, 0.4) is 0 Å². The zero-order valence-electron chi connectivity index (χ0n) is 17.5. The molecule has 5 rings (SSSR count). The van der Waals surface area contributed by atoms with Gasteiger partial charge in [0.25, 0.3) is 5.91 Å². The first-order valence-corrected chi connectivity index (χ1v) is 10.2. The van der Waals surface area contributed by atoms with Crippen LogP contribution in [0.5, 0.6) is 5.75 Å². The molecule has 0 aliphatic carbocycles. The number of phenolic OH excluding ortho intramolecular Hbond substituents is 1. The third kappa shape index (κ3) is 3.91. The van der Waals surface area contributed by atoms with Gasteiger partial charge in [-0.05, 0) is 48.9 Å². The van der Waals surface area contributed by atoms with Crippen LogP contribution in [0.15, 0.2) is 84.3 Å². The molecule has 0 saturated heterocycles. The van der Waals surface area contributed by atoms with Gasteiger partial charge in [-0.2, -0.15) is 4.98 Å². The van der Waals surface area contributed by atoms with E-state index in [9.17, 15) is 14.3 Å². The Kier molecular flexibility index (Phi) is 5.06. The highest BCUT2D eigenvalue weighted by molar-refractivity contribution is 6.05. The normalized spacial score (nSPS) is 15.0. The number of nitrogens with zero attached hydrogens (tertiary/aromatic N) is 4. The quantitative estimate of drug-likeness (QED) is 0.439. The predicted octanol–water partition coefficient (Wildman–Crippen LogP) is 4.11. The molecule has 2 aromatic carbocycles. The minimum absolute atomic E-state index is 0.0918. The molecule has 1 amide bonds. The summed E-state index contributed by atoms with van der Waals surface area (Å²) in [5, 5.41) is 20.5. The van der Waals surface area contributed by atoms with Crippen molar-refractivity contribution in [3.63, 3.8) is 0 Å². The molecule has 2 aromatic heterocycles. The Balaban J connectivity index is 1.61. The Morgan fingerprint density at radius 3 is 2.70 bits per heavy atom. The zero-order chi connectivity index (χ0) is 22.9. The predicted molar refractivity (Wildman–Crippen MR) is 121 cm³/mol. The third-order valence-corrected chi connectivity index (χ3v) is 5.31. The van der Waals surface area contributed by atoms with Gasteiger partial charge in [-0.25, -0.2) is 9.07 Å². The molecule has 3 N–H and O–H groups in total. The van der Waals surface area contributed by atoms with Crippen molar-refractivity contribution in [2.45, 2.75) is 13.0 Å². The number of allylic oxidation sites excluding steroid dienone is 1. The molecule has 164 valence electrons. The fourth-order valence-corrected chi connectivity index (χ4v) is 3.80. The molecular weight excluding hydrogens is 423 g/mol. The van der Waals surface area contributed by atoms with Gasteiger partial charge in [0.15, 0.2) is 5.82 Å². The van der Waals surface area contributed by atoms with Gasteiger partial charge in [-0.15, -0.1) is 5.10 Å². The summed E-state index contributed by atoms with van der Waals surface area (Å²) in [7, 11) is 0. The average Bonchev–Trinajstić information content (AvgIpc) is 3.23. The monoisotopic (exact) mass is 442 g/mol. The molecule has 1 unspecified atom stereocenters. The summed E-state index contributed by atoms with van der Waals surface area (Å²) in [6, 6.07) is 15.3. The number of amides is 1. The van der Waals surface area contributed by atoms with Crippen LogP contribution in [-0.2, 0) is 4.79 Å². The number of nitrogens with one attached hydrogen (secondary N) is 2. The summed E-state index contributed by atoms with van der Waals surface area (Å²) in [6.45, 7) is 1.78. The minimum Gasteiger partial charge on any atom is -0.508 e. The fraction of sp³-hybridized carbons (Fsp3) is 0.0833. The second-order valence-corrected chi connectivity index (χ2v) is 7.57. The second-order valence-electron chi connectivity index (χ2n) is 7.57. The van der Waals surface area contributed by atoms with Crippen LogP contribution in [-0.4, -0.2) is 30.8 Å². The number of benzene rings is 2. The highest BCUT2D eigenvalue weighted by Crippen LogP contribution is 2.37. The van der Waals surface area contributed by atoms with Crippen LogP contribution in [0.4, 0.5) is 16.0 Å². The Morgan fingerprint density at radius 1 is 1.15 bits per heavy atom. The molecule has 0 fully saturated rings. The summed E-state index contributed by atoms with van der Waals surface area (Å²) < 4.78 is 15.3. The van der Waals surface area contributed by atoms with E-state index in [1.807, 2.05) is 0 Å². The van der Waals surface area contributed by atoms with Crippen LogP contribution >= 0.6 is 0 Å². The second kappa shape index (κ2) is 8.19. The van der Waals surface area contributed by atoms with Gasteiger partial charge in [0, 0.05) is 17.5 Å². The lowest BCUT2D eigenvalue weighted by Gasteiger charge is -2.28. The van der Waals surface area contributed by atoms with E-state index in [0.717, 1.165) is 0 Å². The summed E-state index contributed by atoms with van der Waals surface area (Å²) >= 11 is 0. The lowest BCUT2D eigenvalue weighted by Crippen LogP contribution is -2.31. The summed E-state index contributed by atoms with van der Waals surface area (Å²) in [5.41, 5.74) is 2.83. The van der Waals surface area contributed by atoms with Crippen LogP contribution in [0.1, 0.15) is 18.5 Å². The molecule has 0 spiro atoms. The molecule has 0 saturated carbocycles. The van der Waals surface area contributed by atoms with Crippen LogP contribution in [0.25, 0.3) is 11.4 Å². The number of hydrogen-bond acceptors (Lipinski definition) is 6. The molecule has 3 heterocycles. The number of phenols is 1. The van der Waals surface area contributed by atoms with Gasteiger partial charge in [0.2, 0.25) is 5.95 Å². The third-order valence-electron chi connectivity index (χ3n) is 5.31. The highest BCUT2D eigenvalue weighted by Gasteiger charge is 2.34.